The van der Waals surface area contributed by atoms with Crippen LogP contribution >= 0.6 is 0 Å². The molecule has 0 amide bonds. The van der Waals surface area contributed by atoms with Crippen LogP contribution in [0.3, 0.4) is 0 Å². The number of hydrogen-bond donors (Lipinski definition) is 1. The van der Waals surface area contributed by atoms with E-state index in [0.29, 0.717) is 6.42 Å². The van der Waals surface area contributed by atoms with E-state index >= 15 is 0 Å². The van der Waals surface area contributed by atoms with Crippen molar-refractivity contribution in [2.45, 2.75) is 24.7 Å². The van der Waals surface area contributed by atoms with Crippen LogP contribution in [-0.4, -0.2) is 26.4 Å². The summed E-state index contributed by atoms with van der Waals surface area (Å²) in [6.07, 6.45) is 1.40. The number of unbranched alkanes of at least 4 members (excludes halogenated alkanes) is 1. The average molecular weight is 244 g/mol. The maximum Gasteiger partial charge on any atom is 0.182 e. The molecule has 0 bridgehead atoms. The molecule has 0 spiro atoms. The van der Waals surface area contributed by atoms with E-state index in [9.17, 15) is 13.5 Å². The van der Waals surface area contributed by atoms with Crippen molar-refractivity contribution in [2.24, 2.45) is 0 Å². The van der Waals surface area contributed by atoms with E-state index in [2.05, 4.69) is 0 Å². The van der Waals surface area contributed by atoms with Gasteiger partial charge in [0.1, 0.15) is 16.4 Å². The number of hydrogen-bond acceptors (Lipinski definition) is 4. The van der Waals surface area contributed by atoms with E-state index in [4.69, 9.17) is 4.74 Å². The predicted octanol–water partition coefficient (Wildman–Crippen LogP) is 1.97. The van der Waals surface area contributed by atoms with E-state index in [0.717, 1.165) is 6.42 Å². The maximum atomic E-state index is 11.9. The zero-order valence-corrected chi connectivity index (χ0v) is 10.3. The van der Waals surface area contributed by atoms with Crippen LogP contribution in [0.25, 0.3) is 0 Å². The lowest BCUT2D eigenvalue weighted by Gasteiger charge is -2.09. The van der Waals surface area contributed by atoms with Crippen molar-refractivity contribution in [2.75, 3.05) is 12.9 Å². The summed E-state index contributed by atoms with van der Waals surface area (Å²) in [7, 11) is -1.96. The fraction of sp³-hybridized carbons (Fsp3) is 0.455. The molecule has 0 aromatic heterocycles. The standard InChI is InChI=1S/C11H16O4S/c1-3-4-7-16(13,14)11-8-9(12)5-6-10(11)15-2/h5-6,8,12H,3-4,7H2,1-2H3. The van der Waals surface area contributed by atoms with Crippen LogP contribution < -0.4 is 4.74 Å². The fourth-order valence-corrected chi connectivity index (χ4v) is 3.00. The Morgan fingerprint density at radius 2 is 2.06 bits per heavy atom. The van der Waals surface area contributed by atoms with Gasteiger partial charge >= 0.3 is 0 Å². The second-order valence-electron chi connectivity index (χ2n) is 3.51. The summed E-state index contributed by atoms with van der Waals surface area (Å²) in [5.41, 5.74) is 0. The van der Waals surface area contributed by atoms with Crippen LogP contribution in [0.4, 0.5) is 0 Å². The smallest absolute Gasteiger partial charge is 0.182 e. The Bertz CT molecular complexity index is 451. The third kappa shape index (κ3) is 2.88. The topological polar surface area (TPSA) is 63.6 Å². The molecule has 5 heteroatoms. The van der Waals surface area contributed by atoms with Gasteiger partial charge in [-0.3, -0.25) is 0 Å². The Labute approximate surface area is 95.8 Å². The normalized spacial score (nSPS) is 11.4. The number of benzene rings is 1. The van der Waals surface area contributed by atoms with Crippen molar-refractivity contribution in [3.05, 3.63) is 18.2 Å². The van der Waals surface area contributed by atoms with Gasteiger partial charge in [-0.2, -0.15) is 0 Å². The largest absolute Gasteiger partial charge is 0.508 e. The molecule has 1 aromatic rings. The quantitative estimate of drug-likeness (QED) is 0.860. The molecular formula is C11H16O4S. The van der Waals surface area contributed by atoms with Gasteiger partial charge < -0.3 is 9.84 Å². The first-order valence-corrected chi connectivity index (χ1v) is 6.76. The van der Waals surface area contributed by atoms with E-state index in [-0.39, 0.29) is 22.1 Å². The molecular weight excluding hydrogens is 228 g/mol. The molecule has 0 aliphatic heterocycles. The van der Waals surface area contributed by atoms with E-state index < -0.39 is 9.84 Å². The van der Waals surface area contributed by atoms with Crippen LogP contribution in [0.15, 0.2) is 23.1 Å². The highest BCUT2D eigenvalue weighted by Crippen LogP contribution is 2.28. The lowest BCUT2D eigenvalue weighted by atomic mass is 10.3. The zero-order valence-electron chi connectivity index (χ0n) is 9.43. The molecule has 0 saturated heterocycles. The Balaban J connectivity index is 3.15. The third-order valence-electron chi connectivity index (χ3n) is 2.25. The van der Waals surface area contributed by atoms with Crippen LogP contribution in [0.1, 0.15) is 19.8 Å². The van der Waals surface area contributed by atoms with Gasteiger partial charge in [-0.1, -0.05) is 13.3 Å². The summed E-state index contributed by atoms with van der Waals surface area (Å²) in [5, 5.41) is 9.30. The minimum Gasteiger partial charge on any atom is -0.508 e. The van der Waals surface area contributed by atoms with E-state index in [1.165, 1.54) is 25.3 Å². The van der Waals surface area contributed by atoms with Gasteiger partial charge in [-0.25, -0.2) is 8.42 Å². The first-order chi connectivity index (χ1) is 7.51. The molecule has 90 valence electrons. The molecule has 1 aromatic carbocycles. The molecule has 0 radical (unpaired) electrons. The monoisotopic (exact) mass is 244 g/mol. The Morgan fingerprint density at radius 1 is 1.38 bits per heavy atom. The summed E-state index contributed by atoms with van der Waals surface area (Å²) < 4.78 is 28.8. The van der Waals surface area contributed by atoms with Crippen LogP contribution in [0.2, 0.25) is 0 Å². The highest BCUT2D eigenvalue weighted by molar-refractivity contribution is 7.91. The van der Waals surface area contributed by atoms with Crippen molar-refractivity contribution in [3.63, 3.8) is 0 Å². The molecule has 0 unspecified atom stereocenters. The summed E-state index contributed by atoms with van der Waals surface area (Å²) in [5.74, 6) is 0.272. The molecule has 16 heavy (non-hydrogen) atoms. The molecule has 0 saturated carbocycles. The number of aromatic hydroxyl groups is 1. The van der Waals surface area contributed by atoms with Gasteiger partial charge in [0.25, 0.3) is 0 Å². The predicted molar refractivity (Wildman–Crippen MR) is 61.6 cm³/mol. The van der Waals surface area contributed by atoms with Crippen molar-refractivity contribution >= 4 is 9.84 Å². The van der Waals surface area contributed by atoms with Gasteiger partial charge in [-0.05, 0) is 18.6 Å². The average Bonchev–Trinajstić information content (AvgIpc) is 2.26. The van der Waals surface area contributed by atoms with Crippen LogP contribution in [0.5, 0.6) is 11.5 Å². The van der Waals surface area contributed by atoms with Crippen molar-refractivity contribution in [1.82, 2.24) is 0 Å². The molecule has 4 nitrogen and oxygen atoms in total. The van der Waals surface area contributed by atoms with Crippen molar-refractivity contribution in [3.8, 4) is 11.5 Å². The van der Waals surface area contributed by atoms with Gasteiger partial charge in [0.15, 0.2) is 9.84 Å². The summed E-state index contributed by atoms with van der Waals surface area (Å²) in [4.78, 5) is 0.0588. The van der Waals surface area contributed by atoms with E-state index in [1.807, 2.05) is 6.92 Å². The highest BCUT2D eigenvalue weighted by Gasteiger charge is 2.19. The molecule has 1 rings (SSSR count). The number of rotatable bonds is 5. The molecule has 0 heterocycles. The fourth-order valence-electron chi connectivity index (χ4n) is 1.35. The molecule has 0 aliphatic rings. The number of sulfone groups is 1. The van der Waals surface area contributed by atoms with Crippen LogP contribution in [0, 0.1) is 0 Å². The molecule has 1 N–H and O–H groups in total. The van der Waals surface area contributed by atoms with Gasteiger partial charge in [0.05, 0.1) is 12.9 Å². The minimum atomic E-state index is -3.37. The van der Waals surface area contributed by atoms with Gasteiger partial charge in [-0.15, -0.1) is 0 Å². The Hall–Kier alpha value is -1.23. The summed E-state index contributed by atoms with van der Waals surface area (Å²) >= 11 is 0. The Kier molecular flexibility index (Phi) is 4.18. The number of ether oxygens (including phenoxy) is 1. The molecule has 0 aliphatic carbocycles. The highest BCUT2D eigenvalue weighted by atomic mass is 32.2. The zero-order chi connectivity index (χ0) is 12.2. The van der Waals surface area contributed by atoms with Crippen LogP contribution in [-0.2, 0) is 9.84 Å². The SMILES string of the molecule is CCCCS(=O)(=O)c1cc(O)ccc1OC. The van der Waals surface area contributed by atoms with Gasteiger partial charge in [0, 0.05) is 6.07 Å². The number of phenolic OH excluding ortho intramolecular Hbond substituents is 1. The Morgan fingerprint density at radius 3 is 2.62 bits per heavy atom. The lowest BCUT2D eigenvalue weighted by Crippen LogP contribution is -2.08. The third-order valence-corrected chi connectivity index (χ3v) is 4.06. The van der Waals surface area contributed by atoms with Gasteiger partial charge in [0.2, 0.25) is 0 Å². The first-order valence-electron chi connectivity index (χ1n) is 5.11. The van der Waals surface area contributed by atoms with Crippen molar-refractivity contribution in [1.29, 1.82) is 0 Å². The number of methoxy groups -OCH3 is 1. The molecule has 0 fully saturated rings. The second-order valence-corrected chi connectivity index (χ2v) is 5.59. The maximum absolute atomic E-state index is 11.9. The van der Waals surface area contributed by atoms with E-state index in [1.54, 1.807) is 0 Å². The second kappa shape index (κ2) is 5.21. The minimum absolute atomic E-state index is 0.0588. The number of phenols is 1. The summed E-state index contributed by atoms with van der Waals surface area (Å²) in [6.45, 7) is 1.93. The molecule has 0 atom stereocenters. The summed E-state index contributed by atoms with van der Waals surface area (Å²) in [6, 6.07) is 4.08. The lowest BCUT2D eigenvalue weighted by molar-refractivity contribution is 0.399. The first kappa shape index (κ1) is 12.8. The van der Waals surface area contributed by atoms with Crippen molar-refractivity contribution < 1.29 is 18.3 Å².